The first-order valence-electron chi connectivity index (χ1n) is 11.0. The van der Waals surface area contributed by atoms with Crippen molar-refractivity contribution in [2.45, 2.75) is 95.9 Å². The van der Waals surface area contributed by atoms with Gasteiger partial charge in [0.25, 0.3) is 0 Å². The van der Waals surface area contributed by atoms with Crippen LogP contribution in [-0.4, -0.2) is 22.2 Å². The summed E-state index contributed by atoms with van der Waals surface area (Å²) in [4.78, 5) is 24.6. The van der Waals surface area contributed by atoms with Crippen molar-refractivity contribution >= 4 is 27.7 Å². The lowest BCUT2D eigenvalue weighted by atomic mass is 9.45. The van der Waals surface area contributed by atoms with E-state index in [0.717, 1.165) is 24.7 Å². The zero-order valence-corrected chi connectivity index (χ0v) is 18.9. The summed E-state index contributed by atoms with van der Waals surface area (Å²) in [5.41, 5.74) is 0.352. The van der Waals surface area contributed by atoms with Gasteiger partial charge >= 0.3 is 5.97 Å². The first-order chi connectivity index (χ1) is 12.6. The number of hydrogen-bond acceptors (Lipinski definition) is 3. The minimum Gasteiger partial charge on any atom is -0.461 e. The van der Waals surface area contributed by atoms with Gasteiger partial charge in [-0.3, -0.25) is 9.59 Å². The molecule has 4 aliphatic carbocycles. The van der Waals surface area contributed by atoms with Gasteiger partial charge in [0.2, 0.25) is 0 Å². The standard InChI is InChI=1S/C23H35BrO3/c1-14(25)23(24)20(27-15(2)26)13-19-17-9-8-16-7-5-6-11-21(16,3)18(17)10-12-22(19,23)4/h16-20H,5-13H2,1-4H3/t16-,17-,18+,19+,20-,21+,22+,23-/m1/s1. The number of rotatable bonds is 2. The molecule has 4 saturated carbocycles. The highest BCUT2D eigenvalue weighted by atomic mass is 79.9. The van der Waals surface area contributed by atoms with E-state index < -0.39 is 4.32 Å². The Balaban J connectivity index is 1.70. The second-order valence-corrected chi connectivity index (χ2v) is 11.7. The fourth-order valence-electron chi connectivity index (χ4n) is 8.22. The van der Waals surface area contributed by atoms with Crippen molar-refractivity contribution in [1.29, 1.82) is 0 Å². The first-order valence-corrected chi connectivity index (χ1v) is 11.8. The molecule has 0 unspecified atom stereocenters. The molecule has 152 valence electrons. The first kappa shape index (κ1) is 19.9. The van der Waals surface area contributed by atoms with E-state index in [9.17, 15) is 9.59 Å². The second-order valence-electron chi connectivity index (χ2n) is 10.5. The summed E-state index contributed by atoms with van der Waals surface area (Å²) >= 11 is 3.88. The number of fused-ring (bicyclic) bond motifs is 5. The molecule has 4 fully saturated rings. The van der Waals surface area contributed by atoms with Crippen molar-refractivity contribution in [2.75, 3.05) is 0 Å². The Morgan fingerprint density at radius 2 is 1.70 bits per heavy atom. The van der Waals surface area contributed by atoms with Crippen molar-refractivity contribution in [1.82, 2.24) is 0 Å². The molecule has 0 bridgehead atoms. The Bertz CT molecular complexity index is 648. The lowest BCUT2D eigenvalue weighted by Crippen LogP contribution is -2.57. The van der Waals surface area contributed by atoms with Crippen LogP contribution in [0.1, 0.15) is 85.5 Å². The van der Waals surface area contributed by atoms with Crippen molar-refractivity contribution in [3.8, 4) is 0 Å². The van der Waals surface area contributed by atoms with Gasteiger partial charge in [-0.1, -0.05) is 42.6 Å². The van der Waals surface area contributed by atoms with Gasteiger partial charge in [-0.05, 0) is 86.4 Å². The predicted molar refractivity (Wildman–Crippen MR) is 110 cm³/mol. The molecule has 3 nitrogen and oxygen atoms in total. The van der Waals surface area contributed by atoms with E-state index in [1.807, 2.05) is 0 Å². The van der Waals surface area contributed by atoms with Gasteiger partial charge < -0.3 is 4.74 Å². The minimum absolute atomic E-state index is 0.120. The highest BCUT2D eigenvalue weighted by Gasteiger charge is 2.70. The van der Waals surface area contributed by atoms with E-state index in [2.05, 4.69) is 29.8 Å². The van der Waals surface area contributed by atoms with E-state index in [1.165, 1.54) is 51.9 Å². The van der Waals surface area contributed by atoms with E-state index >= 15 is 0 Å². The number of ether oxygens (including phenoxy) is 1. The lowest BCUT2D eigenvalue weighted by molar-refractivity contribution is -0.149. The monoisotopic (exact) mass is 438 g/mol. The summed E-state index contributed by atoms with van der Waals surface area (Å²) in [5, 5.41) is 0. The lowest BCUT2D eigenvalue weighted by Gasteiger charge is -2.61. The topological polar surface area (TPSA) is 43.4 Å². The molecule has 4 aliphatic rings. The fourth-order valence-corrected chi connectivity index (χ4v) is 8.99. The zero-order valence-electron chi connectivity index (χ0n) is 17.4. The van der Waals surface area contributed by atoms with Crippen LogP contribution in [0, 0.1) is 34.5 Å². The van der Waals surface area contributed by atoms with Crippen molar-refractivity contribution in [3.05, 3.63) is 0 Å². The highest BCUT2D eigenvalue weighted by molar-refractivity contribution is 9.10. The van der Waals surface area contributed by atoms with Gasteiger partial charge in [-0.2, -0.15) is 0 Å². The van der Waals surface area contributed by atoms with Gasteiger partial charge in [-0.15, -0.1) is 0 Å². The third-order valence-corrected chi connectivity index (χ3v) is 11.5. The predicted octanol–water partition coefficient (Wildman–Crippen LogP) is 5.68. The summed E-state index contributed by atoms with van der Waals surface area (Å²) in [7, 11) is 0. The molecule has 0 aromatic rings. The van der Waals surface area contributed by atoms with Crippen LogP contribution in [0.15, 0.2) is 0 Å². The molecule has 4 heteroatoms. The molecule has 0 heterocycles. The maximum absolute atomic E-state index is 12.8. The van der Waals surface area contributed by atoms with Gasteiger partial charge in [0.1, 0.15) is 10.4 Å². The Hall–Kier alpha value is -0.380. The normalized spacial score (nSPS) is 51.7. The summed E-state index contributed by atoms with van der Waals surface area (Å²) in [6.45, 7) is 8.00. The fraction of sp³-hybridized carbons (Fsp3) is 0.913. The van der Waals surface area contributed by atoms with E-state index in [4.69, 9.17) is 4.74 Å². The maximum Gasteiger partial charge on any atom is 0.302 e. The third kappa shape index (κ3) is 2.64. The summed E-state index contributed by atoms with van der Waals surface area (Å²) in [5.74, 6) is 2.64. The van der Waals surface area contributed by atoms with Crippen LogP contribution in [0.25, 0.3) is 0 Å². The van der Waals surface area contributed by atoms with Crippen molar-refractivity contribution in [2.24, 2.45) is 34.5 Å². The van der Waals surface area contributed by atoms with Gasteiger partial charge in [0.15, 0.2) is 5.78 Å². The van der Waals surface area contributed by atoms with Crippen LogP contribution in [-0.2, 0) is 14.3 Å². The molecule has 0 aromatic heterocycles. The molecular weight excluding hydrogens is 404 g/mol. The van der Waals surface area contributed by atoms with Gasteiger partial charge in [0.05, 0.1) is 0 Å². The van der Waals surface area contributed by atoms with E-state index in [-0.39, 0.29) is 23.3 Å². The molecular formula is C23H35BrO3. The molecule has 0 amide bonds. The van der Waals surface area contributed by atoms with Crippen molar-refractivity contribution in [3.63, 3.8) is 0 Å². The highest BCUT2D eigenvalue weighted by Crippen LogP contribution is 2.70. The quantitative estimate of drug-likeness (QED) is 0.411. The smallest absolute Gasteiger partial charge is 0.302 e. The van der Waals surface area contributed by atoms with Crippen molar-refractivity contribution < 1.29 is 14.3 Å². The summed E-state index contributed by atoms with van der Waals surface area (Å²) in [6.07, 6.45) is 11.0. The molecule has 0 spiro atoms. The summed E-state index contributed by atoms with van der Waals surface area (Å²) in [6, 6.07) is 0. The molecule has 0 aromatic carbocycles. The van der Waals surface area contributed by atoms with Gasteiger partial charge in [-0.25, -0.2) is 0 Å². The number of halogens is 1. The Morgan fingerprint density at radius 1 is 0.963 bits per heavy atom. The van der Waals surface area contributed by atoms with E-state index in [1.54, 1.807) is 6.92 Å². The zero-order chi connectivity index (χ0) is 19.6. The van der Waals surface area contributed by atoms with Crippen LogP contribution in [0.5, 0.6) is 0 Å². The van der Waals surface area contributed by atoms with Crippen LogP contribution in [0.4, 0.5) is 0 Å². The molecule has 0 radical (unpaired) electrons. The molecule has 0 aliphatic heterocycles. The number of ketones is 1. The Morgan fingerprint density at radius 3 is 2.37 bits per heavy atom. The number of alkyl halides is 1. The molecule has 0 N–H and O–H groups in total. The maximum atomic E-state index is 12.8. The van der Waals surface area contributed by atoms with Gasteiger partial charge in [0, 0.05) is 6.92 Å². The number of hydrogen-bond donors (Lipinski definition) is 0. The third-order valence-electron chi connectivity index (χ3n) is 9.54. The van der Waals surface area contributed by atoms with E-state index in [0.29, 0.717) is 17.3 Å². The minimum atomic E-state index is -0.731. The summed E-state index contributed by atoms with van der Waals surface area (Å²) < 4.78 is 5.02. The largest absolute Gasteiger partial charge is 0.461 e. The molecule has 0 saturated heterocycles. The van der Waals surface area contributed by atoms with Crippen LogP contribution in [0.3, 0.4) is 0 Å². The Kier molecular flexibility index (Phi) is 4.85. The number of Topliss-reactive ketones (excluding diaryl/α,β-unsaturated/α-hetero) is 1. The second kappa shape index (κ2) is 6.57. The number of carbonyl (C=O) groups is 2. The van der Waals surface area contributed by atoms with Crippen LogP contribution in [0.2, 0.25) is 0 Å². The molecule has 4 rings (SSSR count). The average Bonchev–Trinajstić information content (AvgIpc) is 2.83. The SMILES string of the molecule is CC(=O)O[C@@H]1C[C@H]2[C@@H]3CC[C@H]4CCCC[C@]4(C)[C@H]3CC[C@]2(C)[C@@]1(Br)C(C)=O. The average molecular weight is 439 g/mol. The molecule has 8 atom stereocenters. The Labute approximate surface area is 172 Å². The van der Waals surface area contributed by atoms with Crippen LogP contribution < -0.4 is 0 Å². The number of esters is 1. The number of carbonyl (C=O) groups excluding carboxylic acids is 2. The van der Waals surface area contributed by atoms with Crippen LogP contribution >= 0.6 is 15.9 Å². The molecule has 27 heavy (non-hydrogen) atoms.